The maximum atomic E-state index is 11.3. The lowest BCUT2D eigenvalue weighted by Gasteiger charge is -2.09. The van der Waals surface area contributed by atoms with Crippen LogP contribution in [0.1, 0.15) is 5.56 Å². The molecule has 0 aromatic heterocycles. The van der Waals surface area contributed by atoms with Crippen LogP contribution in [0.5, 0.6) is 5.75 Å². The largest absolute Gasteiger partial charge is 0.508 e. The zero-order valence-electron chi connectivity index (χ0n) is 9.41. The molecule has 0 aliphatic rings. The number of phenols is 1. The third-order valence-corrected chi connectivity index (χ3v) is 2.12. The Morgan fingerprint density at radius 1 is 1.28 bits per heavy atom. The number of hydrogen-bond donors (Lipinski definition) is 4. The number of carboxylic acids is 1. The minimum atomic E-state index is -1.32. The van der Waals surface area contributed by atoms with Crippen LogP contribution in [0.3, 0.4) is 0 Å². The van der Waals surface area contributed by atoms with E-state index in [0.717, 1.165) is 6.08 Å². The molecule has 1 aromatic rings. The van der Waals surface area contributed by atoms with Crippen molar-refractivity contribution < 1.29 is 24.9 Å². The molecule has 4 N–H and O–H groups in total. The van der Waals surface area contributed by atoms with Crippen molar-refractivity contribution in [2.75, 3.05) is 6.61 Å². The lowest BCUT2D eigenvalue weighted by atomic mass is 10.2. The molecule has 18 heavy (non-hydrogen) atoms. The number of carbonyl (C=O) groups is 2. The highest BCUT2D eigenvalue weighted by atomic mass is 16.4. The molecule has 1 rings (SSSR count). The lowest BCUT2D eigenvalue weighted by Crippen LogP contribution is -2.42. The van der Waals surface area contributed by atoms with E-state index in [9.17, 15) is 9.59 Å². The van der Waals surface area contributed by atoms with Crippen LogP contribution < -0.4 is 5.32 Å². The van der Waals surface area contributed by atoms with Gasteiger partial charge in [0.1, 0.15) is 5.75 Å². The van der Waals surface area contributed by atoms with Gasteiger partial charge in [-0.3, -0.25) is 4.79 Å². The highest BCUT2D eigenvalue weighted by molar-refractivity contribution is 5.94. The molecular weight excluding hydrogens is 238 g/mol. The monoisotopic (exact) mass is 251 g/mol. The molecular formula is C12H13NO5. The maximum absolute atomic E-state index is 11.3. The standard InChI is InChI=1S/C12H13NO5/c14-7-10(12(17)18)13-11(16)6-3-8-1-4-9(15)5-2-8/h1-6,10,14-15H,7H2,(H,13,16)(H,17,18)/b6-3+/t10-/m0/s1. The van der Waals surface area contributed by atoms with Crippen LogP contribution in [-0.2, 0) is 9.59 Å². The molecule has 0 saturated heterocycles. The van der Waals surface area contributed by atoms with Gasteiger partial charge >= 0.3 is 5.97 Å². The van der Waals surface area contributed by atoms with Crippen molar-refractivity contribution in [2.45, 2.75) is 6.04 Å². The molecule has 96 valence electrons. The Morgan fingerprint density at radius 2 is 1.89 bits per heavy atom. The van der Waals surface area contributed by atoms with E-state index in [2.05, 4.69) is 5.32 Å². The third-order valence-electron chi connectivity index (χ3n) is 2.12. The topological polar surface area (TPSA) is 107 Å². The number of amides is 1. The van der Waals surface area contributed by atoms with E-state index in [-0.39, 0.29) is 5.75 Å². The lowest BCUT2D eigenvalue weighted by molar-refractivity contribution is -0.142. The van der Waals surface area contributed by atoms with E-state index in [1.54, 1.807) is 12.1 Å². The van der Waals surface area contributed by atoms with Gasteiger partial charge in [-0.2, -0.15) is 0 Å². The van der Waals surface area contributed by atoms with Crippen LogP contribution >= 0.6 is 0 Å². The Hall–Kier alpha value is -2.34. The molecule has 1 atom stereocenters. The summed E-state index contributed by atoms with van der Waals surface area (Å²) in [4.78, 5) is 21.9. The number of aliphatic hydroxyl groups is 1. The Bertz CT molecular complexity index is 452. The van der Waals surface area contributed by atoms with Crippen molar-refractivity contribution in [1.29, 1.82) is 0 Å². The summed E-state index contributed by atoms with van der Waals surface area (Å²) < 4.78 is 0. The Kier molecular flexibility index (Phi) is 4.89. The third kappa shape index (κ3) is 4.26. The molecule has 6 nitrogen and oxygen atoms in total. The summed E-state index contributed by atoms with van der Waals surface area (Å²) in [7, 11) is 0. The van der Waals surface area contributed by atoms with Gasteiger partial charge in [-0.1, -0.05) is 12.1 Å². The van der Waals surface area contributed by atoms with Crippen LogP contribution in [0, 0.1) is 0 Å². The first-order chi connectivity index (χ1) is 8.52. The fraction of sp³-hybridized carbons (Fsp3) is 0.167. The predicted molar refractivity (Wildman–Crippen MR) is 63.8 cm³/mol. The number of phenolic OH excluding ortho intramolecular Hbond substituents is 1. The minimum absolute atomic E-state index is 0.114. The van der Waals surface area contributed by atoms with E-state index >= 15 is 0 Å². The molecule has 6 heteroatoms. The fourth-order valence-electron chi connectivity index (χ4n) is 1.16. The van der Waals surface area contributed by atoms with Gasteiger partial charge in [0.05, 0.1) is 6.61 Å². The van der Waals surface area contributed by atoms with Crippen molar-refractivity contribution in [1.82, 2.24) is 5.32 Å². The second kappa shape index (κ2) is 6.41. The molecule has 0 spiro atoms. The minimum Gasteiger partial charge on any atom is -0.508 e. The predicted octanol–water partition coefficient (Wildman–Crippen LogP) is -0.0329. The van der Waals surface area contributed by atoms with Gasteiger partial charge in [-0.25, -0.2) is 4.79 Å². The van der Waals surface area contributed by atoms with Gasteiger partial charge in [0, 0.05) is 6.08 Å². The Morgan fingerprint density at radius 3 is 2.39 bits per heavy atom. The van der Waals surface area contributed by atoms with Gasteiger partial charge in [-0.15, -0.1) is 0 Å². The number of aliphatic carboxylic acids is 1. The van der Waals surface area contributed by atoms with Gasteiger partial charge in [-0.05, 0) is 23.8 Å². The highest BCUT2D eigenvalue weighted by Gasteiger charge is 2.16. The van der Waals surface area contributed by atoms with Gasteiger partial charge in [0.2, 0.25) is 5.91 Å². The van der Waals surface area contributed by atoms with Crippen LogP contribution in [0.2, 0.25) is 0 Å². The second-order valence-electron chi connectivity index (χ2n) is 3.51. The smallest absolute Gasteiger partial charge is 0.328 e. The number of nitrogens with one attached hydrogen (secondary N) is 1. The first kappa shape index (κ1) is 13.7. The van der Waals surface area contributed by atoms with Crippen LogP contribution in [0.4, 0.5) is 0 Å². The molecule has 0 radical (unpaired) electrons. The summed E-state index contributed by atoms with van der Waals surface area (Å²) in [6.07, 6.45) is 2.61. The van der Waals surface area contributed by atoms with Crippen molar-refractivity contribution >= 4 is 18.0 Å². The van der Waals surface area contributed by atoms with E-state index in [1.807, 2.05) is 0 Å². The quantitative estimate of drug-likeness (QED) is 0.550. The summed E-state index contributed by atoms with van der Waals surface area (Å²) in [6, 6.07) is 4.80. The Balaban J connectivity index is 2.59. The molecule has 0 unspecified atom stereocenters. The summed E-state index contributed by atoms with van der Waals surface area (Å²) in [5.41, 5.74) is 0.679. The highest BCUT2D eigenvalue weighted by Crippen LogP contribution is 2.10. The van der Waals surface area contributed by atoms with E-state index < -0.39 is 24.5 Å². The number of carbonyl (C=O) groups excluding carboxylic acids is 1. The van der Waals surface area contributed by atoms with E-state index in [1.165, 1.54) is 18.2 Å². The zero-order valence-corrected chi connectivity index (χ0v) is 9.41. The van der Waals surface area contributed by atoms with Crippen molar-refractivity contribution in [3.63, 3.8) is 0 Å². The summed E-state index contributed by atoms with van der Waals surface area (Å²) in [5.74, 6) is -1.81. The fourth-order valence-corrected chi connectivity index (χ4v) is 1.16. The van der Waals surface area contributed by atoms with Crippen molar-refractivity contribution in [2.24, 2.45) is 0 Å². The normalized spacial score (nSPS) is 12.3. The number of rotatable bonds is 5. The van der Waals surface area contributed by atoms with Crippen molar-refractivity contribution in [3.8, 4) is 5.75 Å². The summed E-state index contributed by atoms with van der Waals surface area (Å²) in [6.45, 7) is -0.672. The van der Waals surface area contributed by atoms with Gasteiger partial charge in [0.15, 0.2) is 6.04 Å². The van der Waals surface area contributed by atoms with E-state index in [4.69, 9.17) is 15.3 Å². The van der Waals surface area contributed by atoms with Crippen LogP contribution in [0.25, 0.3) is 6.08 Å². The average molecular weight is 251 g/mol. The zero-order chi connectivity index (χ0) is 13.5. The molecule has 0 fully saturated rings. The first-order valence-corrected chi connectivity index (χ1v) is 5.14. The molecule has 0 heterocycles. The average Bonchev–Trinajstić information content (AvgIpc) is 2.35. The summed E-state index contributed by atoms with van der Waals surface area (Å²) in [5, 5.41) is 28.5. The Labute approximate surface area is 103 Å². The maximum Gasteiger partial charge on any atom is 0.328 e. The molecule has 1 amide bonds. The number of carboxylic acid groups (broad SMARTS) is 1. The number of aliphatic hydroxyl groups excluding tert-OH is 1. The van der Waals surface area contributed by atoms with E-state index in [0.29, 0.717) is 5.56 Å². The SMILES string of the molecule is O=C(/C=C/c1ccc(O)cc1)N[C@@H](CO)C(=O)O. The van der Waals surface area contributed by atoms with Crippen LogP contribution in [-0.4, -0.2) is 39.8 Å². The van der Waals surface area contributed by atoms with Crippen molar-refractivity contribution in [3.05, 3.63) is 35.9 Å². The molecule has 0 saturated carbocycles. The molecule has 0 aliphatic carbocycles. The van der Waals surface area contributed by atoms with Gasteiger partial charge < -0.3 is 20.6 Å². The summed E-state index contributed by atoms with van der Waals surface area (Å²) >= 11 is 0. The number of hydrogen-bond acceptors (Lipinski definition) is 4. The number of aromatic hydroxyl groups is 1. The second-order valence-corrected chi connectivity index (χ2v) is 3.51. The van der Waals surface area contributed by atoms with Gasteiger partial charge in [0.25, 0.3) is 0 Å². The molecule has 0 aliphatic heterocycles. The first-order valence-electron chi connectivity index (χ1n) is 5.14. The molecule has 0 bridgehead atoms. The molecule has 1 aromatic carbocycles. The number of benzene rings is 1. The van der Waals surface area contributed by atoms with Crippen LogP contribution in [0.15, 0.2) is 30.3 Å².